The lowest BCUT2D eigenvalue weighted by Gasteiger charge is -2.42. The van der Waals surface area contributed by atoms with Crippen molar-refractivity contribution in [2.24, 2.45) is 0 Å². The van der Waals surface area contributed by atoms with E-state index in [2.05, 4.69) is 21.1 Å². The molecule has 1 aromatic rings. The molecule has 144 valence electrons. The van der Waals surface area contributed by atoms with E-state index < -0.39 is 29.1 Å². The van der Waals surface area contributed by atoms with Crippen LogP contribution < -0.4 is 3.93 Å². The van der Waals surface area contributed by atoms with Crippen molar-refractivity contribution in [2.45, 2.75) is 57.3 Å². The molecule has 2 aliphatic heterocycles. The number of pyridine rings is 1. The summed E-state index contributed by atoms with van der Waals surface area (Å²) in [7, 11) is 0. The Hall–Kier alpha value is -1.51. The van der Waals surface area contributed by atoms with Crippen LogP contribution in [0.4, 0.5) is 23.8 Å². The summed E-state index contributed by atoms with van der Waals surface area (Å²) >= 11 is 3.43. The first-order valence-corrected chi connectivity index (χ1v) is 9.13. The summed E-state index contributed by atoms with van der Waals surface area (Å²) < 4.78 is 46.1. The van der Waals surface area contributed by atoms with Crippen molar-refractivity contribution in [1.29, 1.82) is 0 Å². The van der Waals surface area contributed by atoms with Crippen LogP contribution in [0.3, 0.4) is 0 Å². The van der Waals surface area contributed by atoms with Gasteiger partial charge in [-0.25, -0.2) is 9.78 Å². The third-order valence-corrected chi connectivity index (χ3v) is 5.78. The number of amides is 1. The number of carbonyl (C=O) groups excluding carboxylic acids is 1. The predicted octanol–water partition coefficient (Wildman–Crippen LogP) is 4.54. The Bertz CT molecular complexity index is 720. The molecule has 1 spiro atoms. The molecule has 5 nitrogen and oxygen atoms in total. The number of anilines is 1. The zero-order valence-electron chi connectivity index (χ0n) is 14.9. The van der Waals surface area contributed by atoms with Gasteiger partial charge < -0.3 is 9.64 Å². The summed E-state index contributed by atoms with van der Waals surface area (Å²) in [6, 6.07) is 2.49. The van der Waals surface area contributed by atoms with Crippen LogP contribution in [0.2, 0.25) is 0 Å². The van der Waals surface area contributed by atoms with E-state index >= 15 is 0 Å². The highest BCUT2D eigenvalue weighted by molar-refractivity contribution is 9.10. The predicted molar refractivity (Wildman–Crippen MR) is 94.1 cm³/mol. The quantitative estimate of drug-likeness (QED) is 0.561. The molecule has 3 rings (SSSR count). The van der Waals surface area contributed by atoms with Gasteiger partial charge in [0.2, 0.25) is 0 Å². The molecule has 1 amide bonds. The van der Waals surface area contributed by atoms with Gasteiger partial charge >= 0.3 is 12.3 Å². The highest BCUT2D eigenvalue weighted by Crippen LogP contribution is 2.44. The molecule has 0 bridgehead atoms. The Morgan fingerprint density at radius 2 is 1.96 bits per heavy atom. The first kappa shape index (κ1) is 19.3. The minimum atomic E-state index is -4.49. The van der Waals surface area contributed by atoms with Crippen molar-refractivity contribution in [1.82, 2.24) is 9.88 Å². The van der Waals surface area contributed by atoms with Crippen LogP contribution in [-0.2, 0) is 17.3 Å². The van der Waals surface area contributed by atoms with E-state index in [9.17, 15) is 18.0 Å². The Balaban J connectivity index is 1.83. The Kier molecular flexibility index (Phi) is 4.65. The molecule has 0 aromatic carbocycles. The van der Waals surface area contributed by atoms with Crippen LogP contribution in [0, 0.1) is 0 Å². The van der Waals surface area contributed by atoms with Crippen LogP contribution in [0.1, 0.15) is 44.9 Å². The van der Waals surface area contributed by atoms with Crippen LogP contribution in [0.25, 0.3) is 0 Å². The number of carbonyl (C=O) groups is 1. The lowest BCUT2D eigenvalue weighted by atomic mass is 9.86. The lowest BCUT2D eigenvalue weighted by Crippen LogP contribution is -2.50. The average Bonchev–Trinajstić information content (AvgIpc) is 2.94. The van der Waals surface area contributed by atoms with Gasteiger partial charge in [0.15, 0.2) is 0 Å². The fourth-order valence-electron chi connectivity index (χ4n) is 3.39. The number of aromatic nitrogens is 1. The van der Waals surface area contributed by atoms with Gasteiger partial charge in [-0.3, -0.25) is 3.93 Å². The molecule has 9 heteroatoms. The van der Waals surface area contributed by atoms with E-state index in [1.807, 2.05) is 0 Å². The van der Waals surface area contributed by atoms with Gasteiger partial charge in [0, 0.05) is 13.1 Å². The second-order valence-electron chi connectivity index (χ2n) is 7.83. The smallest absolute Gasteiger partial charge is 0.433 e. The largest absolute Gasteiger partial charge is 0.444 e. The van der Waals surface area contributed by atoms with Gasteiger partial charge in [-0.05, 0) is 51.7 Å². The van der Waals surface area contributed by atoms with Gasteiger partial charge in [-0.1, -0.05) is 6.07 Å². The van der Waals surface area contributed by atoms with Gasteiger partial charge in [-0.2, -0.15) is 13.2 Å². The summed E-state index contributed by atoms with van der Waals surface area (Å²) in [4.78, 5) is 17.8. The maximum Gasteiger partial charge on any atom is 0.433 e. The standard InChI is InChI=1S/C17H21BrF3N3O2/c1-15(2,3)26-14(25)23-9-8-16(10-23)7-6-11-4-5-12(17(19,20)21)22-13(11)24(16)18/h4-5H,6-10H2,1-3H3. The van der Waals surface area contributed by atoms with E-state index in [1.54, 1.807) is 29.6 Å². The number of nitrogens with zero attached hydrogens (tertiary/aromatic N) is 3. The van der Waals surface area contributed by atoms with Crippen LogP contribution in [-0.4, -0.2) is 40.2 Å². The highest BCUT2D eigenvalue weighted by atomic mass is 79.9. The SMILES string of the molecule is CC(C)(C)OC(=O)N1CCC2(CCc3ccc(C(F)(F)F)nc3N2Br)C1. The van der Waals surface area contributed by atoms with Crippen molar-refractivity contribution < 1.29 is 22.7 Å². The van der Waals surface area contributed by atoms with Crippen molar-refractivity contribution in [3.63, 3.8) is 0 Å². The molecule has 1 atom stereocenters. The Morgan fingerprint density at radius 3 is 2.58 bits per heavy atom. The molecule has 0 N–H and O–H groups in total. The molecular weight excluding hydrogens is 415 g/mol. The maximum atomic E-state index is 13.0. The van der Waals surface area contributed by atoms with E-state index in [0.29, 0.717) is 25.9 Å². The third kappa shape index (κ3) is 3.63. The van der Waals surface area contributed by atoms with Crippen molar-refractivity contribution in [3.8, 4) is 0 Å². The van der Waals surface area contributed by atoms with Crippen LogP contribution >= 0.6 is 16.1 Å². The minimum Gasteiger partial charge on any atom is -0.444 e. The number of alkyl halides is 3. The van der Waals surface area contributed by atoms with E-state index in [1.165, 1.54) is 6.07 Å². The molecule has 2 aliphatic rings. The molecule has 0 radical (unpaired) electrons. The van der Waals surface area contributed by atoms with E-state index in [0.717, 1.165) is 18.1 Å². The number of aryl methyl sites for hydroxylation is 1. The number of hydrogen-bond donors (Lipinski definition) is 0. The van der Waals surface area contributed by atoms with Crippen LogP contribution in [0.15, 0.2) is 12.1 Å². The highest BCUT2D eigenvalue weighted by Gasteiger charge is 2.48. The first-order valence-electron chi connectivity index (χ1n) is 8.42. The second kappa shape index (κ2) is 6.28. The number of hydrogen-bond acceptors (Lipinski definition) is 4. The molecule has 0 saturated carbocycles. The number of rotatable bonds is 0. The Labute approximate surface area is 158 Å². The minimum absolute atomic E-state index is 0.275. The van der Waals surface area contributed by atoms with E-state index in [-0.39, 0.29) is 5.82 Å². The fraction of sp³-hybridized carbons (Fsp3) is 0.647. The van der Waals surface area contributed by atoms with Crippen molar-refractivity contribution in [2.75, 3.05) is 17.0 Å². The first-order chi connectivity index (χ1) is 11.9. The van der Waals surface area contributed by atoms with Crippen molar-refractivity contribution >= 4 is 28.1 Å². The number of likely N-dealkylation sites (tertiary alicyclic amines) is 1. The second-order valence-corrected chi connectivity index (χ2v) is 8.54. The topological polar surface area (TPSA) is 45.7 Å². The zero-order chi connectivity index (χ0) is 19.3. The average molecular weight is 436 g/mol. The third-order valence-electron chi connectivity index (χ3n) is 4.69. The zero-order valence-corrected chi connectivity index (χ0v) is 16.4. The lowest BCUT2D eigenvalue weighted by molar-refractivity contribution is -0.141. The van der Waals surface area contributed by atoms with Gasteiger partial charge in [0.05, 0.1) is 21.7 Å². The maximum absolute atomic E-state index is 13.0. The molecular formula is C17H21BrF3N3O2. The van der Waals surface area contributed by atoms with E-state index in [4.69, 9.17) is 4.74 Å². The summed E-state index contributed by atoms with van der Waals surface area (Å²) in [6.45, 7) is 6.27. The molecule has 3 heterocycles. The molecule has 1 aromatic heterocycles. The Morgan fingerprint density at radius 1 is 1.27 bits per heavy atom. The molecule has 0 aliphatic carbocycles. The molecule has 1 fully saturated rings. The summed E-state index contributed by atoms with van der Waals surface area (Å²) in [6.07, 6.45) is -2.93. The number of fused-ring (bicyclic) bond motifs is 1. The summed E-state index contributed by atoms with van der Waals surface area (Å²) in [5.41, 5.74) is -1.24. The fourth-order valence-corrected chi connectivity index (χ4v) is 4.17. The van der Waals surface area contributed by atoms with Gasteiger partial charge in [0.1, 0.15) is 17.1 Å². The number of halogens is 4. The molecule has 26 heavy (non-hydrogen) atoms. The normalized spacial score (nSPS) is 23.3. The van der Waals surface area contributed by atoms with Gasteiger partial charge in [-0.15, -0.1) is 0 Å². The van der Waals surface area contributed by atoms with Crippen LogP contribution in [0.5, 0.6) is 0 Å². The van der Waals surface area contributed by atoms with Gasteiger partial charge in [0.25, 0.3) is 0 Å². The van der Waals surface area contributed by atoms with Crippen molar-refractivity contribution in [3.05, 3.63) is 23.4 Å². The number of ether oxygens (including phenoxy) is 1. The molecule has 1 saturated heterocycles. The monoisotopic (exact) mass is 435 g/mol. The molecule has 1 unspecified atom stereocenters. The summed E-state index contributed by atoms with van der Waals surface area (Å²) in [5.74, 6) is 0.275. The summed E-state index contributed by atoms with van der Waals surface area (Å²) in [5, 5.41) is 0.